The van der Waals surface area contributed by atoms with E-state index < -0.39 is 10.0 Å². The number of nitrogens with zero attached hydrogens (tertiary/aromatic N) is 3. The summed E-state index contributed by atoms with van der Waals surface area (Å²) in [4.78, 5) is 17.2. The number of aryl methyl sites for hydroxylation is 2. The predicted octanol–water partition coefficient (Wildman–Crippen LogP) is 0.535. The molecule has 0 aliphatic heterocycles. The summed E-state index contributed by atoms with van der Waals surface area (Å²) in [7, 11) is 0. The molecule has 1 rings (SSSR count). The lowest BCUT2D eigenvalue weighted by molar-refractivity contribution is -0.145. The maximum atomic E-state index is 11.4. The van der Waals surface area contributed by atoms with Gasteiger partial charge in [0.2, 0.25) is 4.08 Å². The van der Waals surface area contributed by atoms with E-state index >= 15 is 0 Å². The molecule has 0 N–H and O–H groups in total. The third-order valence-electron chi connectivity index (χ3n) is 1.58. The van der Waals surface area contributed by atoms with Gasteiger partial charge in [0.15, 0.2) is 0 Å². The summed E-state index contributed by atoms with van der Waals surface area (Å²) in [5.41, 5.74) is 1.36. The normalized spacial score (nSPS) is 10.9. The fraction of sp³-hybridized carbons (Fsp3) is 0.375. The molecule has 0 saturated heterocycles. The van der Waals surface area contributed by atoms with Crippen LogP contribution in [0.1, 0.15) is 11.4 Å². The third-order valence-corrected chi connectivity index (χ3v) is 2.14. The summed E-state index contributed by atoms with van der Waals surface area (Å²) >= 11 is 7.48. The van der Waals surface area contributed by atoms with E-state index in [-0.39, 0.29) is 0 Å². The molecule has 80 valence electrons. The number of thiol groups is 2. The van der Waals surface area contributed by atoms with Crippen molar-refractivity contribution in [1.29, 1.82) is 5.26 Å². The summed E-state index contributed by atoms with van der Waals surface area (Å²) in [5, 5.41) is 12.5. The Hall–Kier alpha value is -1.13. The number of hydrogen-bond donors (Lipinski definition) is 2. The molecule has 0 fully saturated rings. The third kappa shape index (κ3) is 2.67. The van der Waals surface area contributed by atoms with Gasteiger partial charge in [0.1, 0.15) is 6.07 Å². The van der Waals surface area contributed by atoms with E-state index in [1.54, 1.807) is 26.0 Å². The fourth-order valence-corrected chi connectivity index (χ4v) is 0.970. The van der Waals surface area contributed by atoms with E-state index in [2.05, 4.69) is 30.4 Å². The van der Waals surface area contributed by atoms with Crippen molar-refractivity contribution in [2.24, 2.45) is 0 Å². The molecule has 0 unspecified atom stereocenters. The zero-order valence-electron chi connectivity index (χ0n) is 8.13. The van der Waals surface area contributed by atoms with Crippen LogP contribution in [0.2, 0.25) is 0 Å². The molecule has 7 heteroatoms. The van der Waals surface area contributed by atoms with Crippen molar-refractivity contribution in [3.63, 3.8) is 0 Å². The van der Waals surface area contributed by atoms with Gasteiger partial charge in [-0.1, -0.05) is 4.85 Å². The quantitative estimate of drug-likeness (QED) is 0.587. The molecular weight excluding hydrogens is 234 g/mol. The van der Waals surface area contributed by atoms with Gasteiger partial charge in [-0.2, -0.15) is 5.26 Å². The van der Waals surface area contributed by atoms with Crippen LogP contribution in [0, 0.1) is 25.2 Å². The van der Waals surface area contributed by atoms with Crippen molar-refractivity contribution < 1.29 is 9.63 Å². The summed E-state index contributed by atoms with van der Waals surface area (Å²) in [6, 6.07) is 3.33. The molecule has 1 aromatic rings. The first-order valence-electron chi connectivity index (χ1n) is 3.99. The largest absolute Gasteiger partial charge is 0.374 e. The van der Waals surface area contributed by atoms with Crippen molar-refractivity contribution in [3.8, 4) is 6.07 Å². The van der Waals surface area contributed by atoms with Gasteiger partial charge in [0.05, 0.1) is 11.4 Å². The second kappa shape index (κ2) is 4.16. The van der Waals surface area contributed by atoms with Crippen molar-refractivity contribution in [1.82, 2.24) is 9.94 Å². The number of aromatic nitrogens is 2. The number of carbonyl (C=O) groups excluding carboxylic acids is 1. The second-order valence-corrected chi connectivity index (χ2v) is 4.66. The Morgan fingerprint density at radius 1 is 1.67 bits per heavy atom. The number of carbonyl (C=O) groups is 1. The number of rotatable bonds is 2. The lowest BCUT2D eigenvalue weighted by Crippen LogP contribution is -2.35. The Labute approximate surface area is 97.8 Å². The zero-order valence-corrected chi connectivity index (χ0v) is 9.92. The zero-order chi connectivity index (χ0) is 11.6. The predicted molar refractivity (Wildman–Crippen MR) is 59.6 cm³/mol. The molecule has 1 aromatic heterocycles. The Bertz CT molecular complexity index is 434. The lowest BCUT2D eigenvalue weighted by Gasteiger charge is -2.11. The number of nitriles is 1. The van der Waals surface area contributed by atoms with E-state index in [4.69, 9.17) is 10.1 Å². The molecule has 0 bridgehead atoms. The topological polar surface area (TPSA) is 67.9 Å². The maximum absolute atomic E-state index is 11.4. The fourth-order valence-electron chi connectivity index (χ4n) is 0.889. The smallest absolute Gasteiger partial charge is 0.315 e. The van der Waals surface area contributed by atoms with Crippen molar-refractivity contribution >= 4 is 31.2 Å². The average molecular weight is 243 g/mol. The monoisotopic (exact) mass is 243 g/mol. The van der Waals surface area contributed by atoms with Crippen LogP contribution in [-0.2, 0) is 4.79 Å². The first kappa shape index (κ1) is 11.9. The molecule has 0 amide bonds. The molecule has 0 spiro atoms. The van der Waals surface area contributed by atoms with Crippen molar-refractivity contribution in [2.75, 3.05) is 0 Å². The van der Waals surface area contributed by atoms with Gasteiger partial charge in [-0.05, 0) is 19.9 Å². The highest BCUT2D eigenvalue weighted by Gasteiger charge is 2.33. The van der Waals surface area contributed by atoms with Gasteiger partial charge in [0.25, 0.3) is 0 Å². The average Bonchev–Trinajstić information content (AvgIpc) is 2.45. The molecule has 0 aromatic carbocycles. The molecular formula is C8H9N3O2S2. The summed E-state index contributed by atoms with van der Waals surface area (Å²) in [5.74, 6) is -0.886. The molecule has 0 aliphatic carbocycles. The highest BCUT2D eigenvalue weighted by molar-refractivity contribution is 8.02. The van der Waals surface area contributed by atoms with E-state index in [9.17, 15) is 4.79 Å². The van der Waals surface area contributed by atoms with Crippen LogP contribution in [0.15, 0.2) is 6.07 Å². The SMILES string of the molecule is Cc1cc(C)n(OC(=O)C(S)(S)C#N)n1. The van der Waals surface area contributed by atoms with Gasteiger partial charge in [-0.25, -0.2) is 4.79 Å². The van der Waals surface area contributed by atoms with E-state index in [0.717, 1.165) is 4.85 Å². The minimum absolute atomic E-state index is 0.649. The highest BCUT2D eigenvalue weighted by atomic mass is 32.2. The molecule has 0 radical (unpaired) electrons. The molecule has 0 atom stereocenters. The van der Waals surface area contributed by atoms with E-state index in [1.165, 1.54) is 0 Å². The highest BCUT2D eigenvalue weighted by Crippen LogP contribution is 2.18. The summed E-state index contributed by atoms with van der Waals surface area (Å²) < 4.78 is -1.77. The van der Waals surface area contributed by atoms with Gasteiger partial charge < -0.3 is 4.84 Å². The Morgan fingerprint density at radius 3 is 2.67 bits per heavy atom. The van der Waals surface area contributed by atoms with Crippen LogP contribution >= 0.6 is 25.3 Å². The molecule has 1 heterocycles. The summed E-state index contributed by atoms with van der Waals surface area (Å²) in [6.07, 6.45) is 0. The first-order chi connectivity index (χ1) is 6.86. The van der Waals surface area contributed by atoms with Crippen LogP contribution in [0.25, 0.3) is 0 Å². The van der Waals surface area contributed by atoms with Gasteiger partial charge >= 0.3 is 5.97 Å². The van der Waals surface area contributed by atoms with Crippen LogP contribution in [0.5, 0.6) is 0 Å². The van der Waals surface area contributed by atoms with Gasteiger partial charge in [0, 0.05) is 0 Å². The molecule has 0 aliphatic rings. The van der Waals surface area contributed by atoms with Crippen molar-refractivity contribution in [2.45, 2.75) is 17.9 Å². The van der Waals surface area contributed by atoms with Crippen LogP contribution in [0.4, 0.5) is 0 Å². The van der Waals surface area contributed by atoms with Gasteiger partial charge in [-0.15, -0.1) is 30.4 Å². The lowest BCUT2D eigenvalue weighted by atomic mass is 10.4. The second-order valence-electron chi connectivity index (χ2n) is 2.96. The minimum Gasteiger partial charge on any atom is -0.315 e. The van der Waals surface area contributed by atoms with Crippen LogP contribution in [0.3, 0.4) is 0 Å². The van der Waals surface area contributed by atoms with Crippen LogP contribution in [-0.4, -0.2) is 20.0 Å². The summed E-state index contributed by atoms with van der Waals surface area (Å²) in [6.45, 7) is 3.48. The molecule has 15 heavy (non-hydrogen) atoms. The Morgan fingerprint density at radius 2 is 2.27 bits per heavy atom. The Kier molecular flexibility index (Phi) is 3.31. The van der Waals surface area contributed by atoms with Crippen LogP contribution < -0.4 is 4.84 Å². The molecule has 5 nitrogen and oxygen atoms in total. The minimum atomic E-state index is -1.77. The molecule has 0 saturated carbocycles. The van der Waals surface area contributed by atoms with E-state index in [0.29, 0.717) is 11.4 Å². The van der Waals surface area contributed by atoms with Crippen molar-refractivity contribution in [3.05, 3.63) is 17.5 Å². The maximum Gasteiger partial charge on any atom is 0.374 e. The Balaban J connectivity index is 2.85. The number of hydrogen-bond acceptors (Lipinski definition) is 6. The standard InChI is InChI=1S/C8H9N3O2S2/c1-5-3-6(2)11(10-5)13-7(12)8(14,15)4-9/h3,14-15H,1-2H3. The first-order valence-corrected chi connectivity index (χ1v) is 4.88. The van der Waals surface area contributed by atoms with E-state index in [1.807, 2.05) is 0 Å². The van der Waals surface area contributed by atoms with Gasteiger partial charge in [-0.3, -0.25) is 0 Å².